The fourth-order valence-electron chi connectivity index (χ4n) is 1.59. The predicted octanol–water partition coefficient (Wildman–Crippen LogP) is 2.72. The molecule has 6 heteroatoms. The highest BCUT2D eigenvalue weighted by Gasteiger charge is 2.23. The molecule has 0 aliphatic rings. The van der Waals surface area contributed by atoms with Crippen LogP contribution in [0.15, 0.2) is 18.2 Å². The third-order valence-electron chi connectivity index (χ3n) is 2.54. The van der Waals surface area contributed by atoms with Crippen LogP contribution in [-0.4, -0.2) is 31.4 Å². The minimum atomic E-state index is -0.669. The van der Waals surface area contributed by atoms with E-state index in [0.29, 0.717) is 10.6 Å². The maximum atomic E-state index is 12.2. The number of hydrogen-bond acceptors (Lipinski definition) is 4. The van der Waals surface area contributed by atoms with E-state index < -0.39 is 12.0 Å². The van der Waals surface area contributed by atoms with Gasteiger partial charge in [-0.3, -0.25) is 9.59 Å². The Hall–Kier alpha value is -1.10. The normalized spacial score (nSPS) is 12.0. The lowest BCUT2D eigenvalue weighted by atomic mass is 10.0. The van der Waals surface area contributed by atoms with Crippen molar-refractivity contribution in [3.8, 4) is 0 Å². The van der Waals surface area contributed by atoms with Crippen molar-refractivity contribution in [1.82, 2.24) is 5.32 Å². The molecule has 19 heavy (non-hydrogen) atoms. The molecular formula is C13H15Cl2NO3. The van der Waals surface area contributed by atoms with Crippen molar-refractivity contribution in [3.05, 3.63) is 33.8 Å². The van der Waals surface area contributed by atoms with Crippen LogP contribution in [0.5, 0.6) is 0 Å². The highest BCUT2D eigenvalue weighted by molar-refractivity contribution is 6.37. The second-order valence-corrected chi connectivity index (χ2v) is 4.68. The maximum Gasteiger partial charge on any atom is 0.307 e. The SMILES string of the molecule is CCOC(=O)CC(NC)C(=O)c1ccc(Cl)cc1Cl. The Morgan fingerprint density at radius 1 is 1.37 bits per heavy atom. The molecule has 0 heterocycles. The standard InChI is InChI=1S/C13H15Cl2NO3/c1-3-19-12(17)7-11(16-2)13(18)9-5-4-8(14)6-10(9)15/h4-6,11,16H,3,7H2,1-2H3. The molecule has 0 bridgehead atoms. The topological polar surface area (TPSA) is 55.4 Å². The zero-order valence-electron chi connectivity index (χ0n) is 10.7. The summed E-state index contributed by atoms with van der Waals surface area (Å²) in [6, 6.07) is 3.95. The van der Waals surface area contributed by atoms with Crippen molar-refractivity contribution >= 4 is 35.0 Å². The molecule has 0 radical (unpaired) electrons. The van der Waals surface area contributed by atoms with Crippen LogP contribution in [-0.2, 0) is 9.53 Å². The number of ketones is 1. The molecule has 1 rings (SSSR count). The van der Waals surface area contributed by atoms with E-state index in [4.69, 9.17) is 27.9 Å². The molecule has 0 aliphatic heterocycles. The summed E-state index contributed by atoms with van der Waals surface area (Å²) in [7, 11) is 1.60. The fourth-order valence-corrected chi connectivity index (χ4v) is 2.09. The minimum Gasteiger partial charge on any atom is -0.466 e. The van der Waals surface area contributed by atoms with Crippen LogP contribution in [0.2, 0.25) is 10.0 Å². The van der Waals surface area contributed by atoms with Gasteiger partial charge in [-0.05, 0) is 32.2 Å². The third kappa shape index (κ3) is 4.49. The molecule has 0 spiro atoms. The van der Waals surface area contributed by atoms with Crippen molar-refractivity contribution in [1.29, 1.82) is 0 Å². The third-order valence-corrected chi connectivity index (χ3v) is 3.09. The zero-order chi connectivity index (χ0) is 14.4. The molecule has 0 saturated heterocycles. The summed E-state index contributed by atoms with van der Waals surface area (Å²) in [5, 5.41) is 3.51. The molecule has 1 N–H and O–H groups in total. The predicted molar refractivity (Wildman–Crippen MR) is 74.9 cm³/mol. The molecular weight excluding hydrogens is 289 g/mol. The summed E-state index contributed by atoms with van der Waals surface area (Å²) in [6.07, 6.45) is -0.0396. The number of nitrogens with one attached hydrogen (secondary N) is 1. The van der Waals surface area contributed by atoms with Gasteiger partial charge in [0.1, 0.15) is 0 Å². The van der Waals surface area contributed by atoms with Gasteiger partial charge in [0.15, 0.2) is 5.78 Å². The summed E-state index contributed by atoms with van der Waals surface area (Å²) in [5.41, 5.74) is 0.328. The molecule has 0 aromatic heterocycles. The Morgan fingerprint density at radius 2 is 2.05 bits per heavy atom. The van der Waals surface area contributed by atoms with Crippen molar-refractivity contribution in [3.63, 3.8) is 0 Å². The number of benzene rings is 1. The van der Waals surface area contributed by atoms with Crippen LogP contribution < -0.4 is 5.32 Å². The largest absolute Gasteiger partial charge is 0.466 e. The first kappa shape index (κ1) is 16.0. The van der Waals surface area contributed by atoms with Crippen LogP contribution >= 0.6 is 23.2 Å². The van der Waals surface area contributed by atoms with Gasteiger partial charge in [-0.1, -0.05) is 23.2 Å². The average Bonchev–Trinajstić information content (AvgIpc) is 2.35. The highest BCUT2D eigenvalue weighted by atomic mass is 35.5. The Balaban J connectivity index is 2.86. The molecule has 104 valence electrons. The Kier molecular flexibility index (Phi) is 6.28. The number of likely N-dealkylation sites (N-methyl/N-ethyl adjacent to an activating group) is 1. The van der Waals surface area contributed by atoms with E-state index in [1.807, 2.05) is 0 Å². The minimum absolute atomic E-state index is 0.0396. The molecule has 1 aromatic carbocycles. The average molecular weight is 304 g/mol. The Bertz CT molecular complexity index is 477. The van der Waals surface area contributed by atoms with E-state index in [0.717, 1.165) is 0 Å². The van der Waals surface area contributed by atoms with E-state index in [1.165, 1.54) is 6.07 Å². The number of ether oxygens (including phenoxy) is 1. The lowest BCUT2D eigenvalue weighted by molar-refractivity contribution is -0.143. The molecule has 4 nitrogen and oxygen atoms in total. The molecule has 0 fully saturated rings. The van der Waals surface area contributed by atoms with E-state index in [9.17, 15) is 9.59 Å². The number of carbonyl (C=O) groups excluding carboxylic acids is 2. The van der Waals surface area contributed by atoms with Gasteiger partial charge in [-0.2, -0.15) is 0 Å². The quantitative estimate of drug-likeness (QED) is 0.648. The Morgan fingerprint density at radius 3 is 2.58 bits per heavy atom. The van der Waals surface area contributed by atoms with Gasteiger partial charge in [-0.25, -0.2) is 0 Å². The molecule has 0 aliphatic carbocycles. The smallest absolute Gasteiger partial charge is 0.307 e. The molecule has 1 aromatic rings. The fraction of sp³-hybridized carbons (Fsp3) is 0.385. The van der Waals surface area contributed by atoms with Gasteiger partial charge >= 0.3 is 5.97 Å². The first-order valence-electron chi connectivity index (χ1n) is 5.81. The van der Waals surface area contributed by atoms with Gasteiger partial charge < -0.3 is 10.1 Å². The highest BCUT2D eigenvalue weighted by Crippen LogP contribution is 2.22. The second kappa shape index (κ2) is 7.48. The lowest BCUT2D eigenvalue weighted by Gasteiger charge is -2.15. The van der Waals surface area contributed by atoms with Gasteiger partial charge in [0.2, 0.25) is 0 Å². The van der Waals surface area contributed by atoms with E-state index in [-0.39, 0.29) is 23.8 Å². The van der Waals surface area contributed by atoms with Crippen LogP contribution in [0, 0.1) is 0 Å². The van der Waals surface area contributed by atoms with Crippen molar-refractivity contribution in [2.24, 2.45) is 0 Å². The van der Waals surface area contributed by atoms with Gasteiger partial charge in [-0.15, -0.1) is 0 Å². The summed E-state index contributed by atoms with van der Waals surface area (Å²) < 4.78 is 4.82. The number of hydrogen-bond donors (Lipinski definition) is 1. The summed E-state index contributed by atoms with van der Waals surface area (Å²) in [5.74, 6) is -0.697. The number of esters is 1. The first-order chi connectivity index (χ1) is 8.99. The van der Waals surface area contributed by atoms with Gasteiger partial charge in [0.25, 0.3) is 0 Å². The van der Waals surface area contributed by atoms with E-state index >= 15 is 0 Å². The summed E-state index contributed by atoms with van der Waals surface area (Å²) >= 11 is 11.7. The van der Waals surface area contributed by atoms with Crippen LogP contribution in [0.25, 0.3) is 0 Å². The number of Topliss-reactive ketones (excluding diaryl/α,β-unsaturated/α-hetero) is 1. The number of rotatable bonds is 6. The number of halogens is 2. The second-order valence-electron chi connectivity index (χ2n) is 3.84. The molecule has 1 atom stereocenters. The maximum absolute atomic E-state index is 12.2. The lowest BCUT2D eigenvalue weighted by Crippen LogP contribution is -2.36. The van der Waals surface area contributed by atoms with Crippen molar-refractivity contribution in [2.45, 2.75) is 19.4 Å². The van der Waals surface area contributed by atoms with Crippen LogP contribution in [0.1, 0.15) is 23.7 Å². The van der Waals surface area contributed by atoms with Crippen molar-refractivity contribution < 1.29 is 14.3 Å². The summed E-state index contributed by atoms with van der Waals surface area (Å²) in [4.78, 5) is 23.7. The van der Waals surface area contributed by atoms with Crippen LogP contribution in [0.4, 0.5) is 0 Å². The number of carbonyl (C=O) groups is 2. The first-order valence-corrected chi connectivity index (χ1v) is 6.57. The van der Waals surface area contributed by atoms with Gasteiger partial charge in [0.05, 0.1) is 24.1 Å². The Labute approximate surface area is 122 Å². The zero-order valence-corrected chi connectivity index (χ0v) is 12.2. The summed E-state index contributed by atoms with van der Waals surface area (Å²) in [6.45, 7) is 2.00. The molecule has 0 amide bonds. The van der Waals surface area contributed by atoms with Gasteiger partial charge in [0, 0.05) is 10.6 Å². The molecule has 0 saturated carbocycles. The molecule has 1 unspecified atom stereocenters. The van der Waals surface area contributed by atoms with E-state index in [1.54, 1.807) is 26.1 Å². The monoisotopic (exact) mass is 303 g/mol. The van der Waals surface area contributed by atoms with E-state index in [2.05, 4.69) is 5.32 Å². The van der Waals surface area contributed by atoms with Crippen LogP contribution in [0.3, 0.4) is 0 Å². The van der Waals surface area contributed by atoms with Crippen molar-refractivity contribution in [2.75, 3.05) is 13.7 Å².